The molecule has 0 amide bonds. The van der Waals surface area contributed by atoms with Crippen LogP contribution in [0.2, 0.25) is 0 Å². The number of aromatic nitrogens is 2. The van der Waals surface area contributed by atoms with E-state index in [-0.39, 0.29) is 16.2 Å². The van der Waals surface area contributed by atoms with E-state index in [0.717, 1.165) is 6.07 Å². The van der Waals surface area contributed by atoms with Gasteiger partial charge in [-0.25, -0.2) is 4.79 Å². The van der Waals surface area contributed by atoms with Gasteiger partial charge >= 0.3 is 5.69 Å². The van der Waals surface area contributed by atoms with E-state index in [4.69, 9.17) is 4.55 Å². The third-order valence-corrected chi connectivity index (χ3v) is 3.66. The number of aromatic amines is 2. The van der Waals surface area contributed by atoms with Crippen molar-refractivity contribution in [1.29, 1.82) is 0 Å². The molecule has 1 aromatic heterocycles. The van der Waals surface area contributed by atoms with Crippen LogP contribution in [0.25, 0.3) is 10.9 Å². The molecule has 0 saturated heterocycles. The topological polar surface area (TPSA) is 120 Å². The molecule has 0 unspecified atom stereocenters. The summed E-state index contributed by atoms with van der Waals surface area (Å²) < 4.78 is 31.7. The SMILES string of the molecule is CC(C)Cc1cc(S(=O)(=O)O)cc2c(=O)[nH]c(=O)[nH]c12. The van der Waals surface area contributed by atoms with Crippen LogP contribution >= 0.6 is 0 Å². The molecule has 3 N–H and O–H groups in total. The lowest BCUT2D eigenvalue weighted by Gasteiger charge is -2.10. The summed E-state index contributed by atoms with van der Waals surface area (Å²) in [5.74, 6) is 0.178. The lowest BCUT2D eigenvalue weighted by Crippen LogP contribution is -2.23. The van der Waals surface area contributed by atoms with Crippen LogP contribution in [0.1, 0.15) is 19.4 Å². The van der Waals surface area contributed by atoms with Crippen molar-refractivity contribution in [3.63, 3.8) is 0 Å². The quantitative estimate of drug-likeness (QED) is 0.719. The number of H-pyrrole nitrogens is 2. The van der Waals surface area contributed by atoms with E-state index in [1.165, 1.54) is 6.07 Å². The Bertz CT molecular complexity index is 877. The number of rotatable bonds is 3. The predicted molar refractivity (Wildman–Crippen MR) is 73.5 cm³/mol. The summed E-state index contributed by atoms with van der Waals surface area (Å²) in [5.41, 5.74) is -0.570. The maximum atomic E-state index is 11.8. The summed E-state index contributed by atoms with van der Waals surface area (Å²) in [6.07, 6.45) is 0.458. The molecule has 0 aliphatic rings. The minimum absolute atomic E-state index is 0.0235. The summed E-state index contributed by atoms with van der Waals surface area (Å²) in [5, 5.41) is 0.0235. The fraction of sp³-hybridized carbons (Fsp3) is 0.333. The van der Waals surface area contributed by atoms with Crippen molar-refractivity contribution in [1.82, 2.24) is 9.97 Å². The van der Waals surface area contributed by atoms with Gasteiger partial charge in [0.05, 0.1) is 15.8 Å². The highest BCUT2D eigenvalue weighted by Crippen LogP contribution is 2.21. The molecule has 0 bridgehead atoms. The molecule has 1 heterocycles. The first kappa shape index (κ1) is 14.5. The molecule has 108 valence electrons. The zero-order chi connectivity index (χ0) is 15.1. The summed E-state index contributed by atoms with van der Waals surface area (Å²) in [7, 11) is -4.42. The van der Waals surface area contributed by atoms with Crippen LogP contribution in [0.3, 0.4) is 0 Å². The number of hydrogen-bond acceptors (Lipinski definition) is 4. The minimum atomic E-state index is -4.42. The van der Waals surface area contributed by atoms with Crippen LogP contribution in [0, 0.1) is 5.92 Å². The van der Waals surface area contributed by atoms with Crippen molar-refractivity contribution in [3.8, 4) is 0 Å². The number of benzene rings is 1. The molecule has 20 heavy (non-hydrogen) atoms. The summed E-state index contributed by atoms with van der Waals surface area (Å²) >= 11 is 0. The number of nitrogens with one attached hydrogen (secondary N) is 2. The fourth-order valence-corrected chi connectivity index (χ4v) is 2.62. The summed E-state index contributed by atoms with van der Waals surface area (Å²) in [4.78, 5) is 27.3. The van der Waals surface area contributed by atoms with Gasteiger partial charge < -0.3 is 4.98 Å². The molecule has 0 spiro atoms. The van der Waals surface area contributed by atoms with Crippen molar-refractivity contribution in [3.05, 3.63) is 38.5 Å². The maximum absolute atomic E-state index is 11.8. The van der Waals surface area contributed by atoms with Gasteiger partial charge in [0.2, 0.25) is 0 Å². The zero-order valence-electron chi connectivity index (χ0n) is 10.9. The van der Waals surface area contributed by atoms with Crippen molar-refractivity contribution in [2.75, 3.05) is 0 Å². The second-order valence-corrected chi connectivity index (χ2v) is 6.41. The van der Waals surface area contributed by atoms with Gasteiger partial charge in [0, 0.05) is 0 Å². The van der Waals surface area contributed by atoms with Crippen molar-refractivity contribution < 1.29 is 13.0 Å². The van der Waals surface area contributed by atoms with Crippen LogP contribution in [-0.2, 0) is 16.5 Å². The average molecular weight is 298 g/mol. The number of fused-ring (bicyclic) bond motifs is 1. The normalized spacial score (nSPS) is 12.2. The molecular formula is C12H14N2O5S. The van der Waals surface area contributed by atoms with E-state index in [1.54, 1.807) is 0 Å². The van der Waals surface area contributed by atoms with Crippen LogP contribution in [0.4, 0.5) is 0 Å². The van der Waals surface area contributed by atoms with Gasteiger partial charge in [-0.1, -0.05) is 13.8 Å². The first-order valence-corrected chi connectivity index (χ1v) is 7.39. The van der Waals surface area contributed by atoms with E-state index in [0.29, 0.717) is 17.5 Å². The van der Waals surface area contributed by atoms with E-state index in [2.05, 4.69) is 4.98 Å². The highest BCUT2D eigenvalue weighted by atomic mass is 32.2. The molecule has 0 aliphatic heterocycles. The second-order valence-electron chi connectivity index (χ2n) is 4.99. The molecule has 2 aromatic rings. The first-order valence-electron chi connectivity index (χ1n) is 5.95. The van der Waals surface area contributed by atoms with Crippen molar-refractivity contribution in [2.24, 2.45) is 5.92 Å². The number of hydrogen-bond donors (Lipinski definition) is 3. The molecule has 0 radical (unpaired) electrons. The van der Waals surface area contributed by atoms with Gasteiger partial charge in [-0.2, -0.15) is 8.42 Å². The highest BCUT2D eigenvalue weighted by Gasteiger charge is 2.16. The largest absolute Gasteiger partial charge is 0.326 e. The van der Waals surface area contributed by atoms with Crippen LogP contribution in [-0.4, -0.2) is 22.9 Å². The Morgan fingerprint density at radius 1 is 1.20 bits per heavy atom. The Hall–Kier alpha value is -1.93. The van der Waals surface area contributed by atoms with E-state index >= 15 is 0 Å². The van der Waals surface area contributed by atoms with Gasteiger partial charge in [-0.3, -0.25) is 14.3 Å². The van der Waals surface area contributed by atoms with Crippen LogP contribution < -0.4 is 11.2 Å². The molecule has 0 aliphatic carbocycles. The van der Waals surface area contributed by atoms with Gasteiger partial charge in [0.15, 0.2) is 0 Å². The minimum Gasteiger partial charge on any atom is -0.307 e. The third-order valence-electron chi connectivity index (χ3n) is 2.83. The molecule has 8 heteroatoms. The van der Waals surface area contributed by atoms with Gasteiger partial charge in [0.1, 0.15) is 0 Å². The Morgan fingerprint density at radius 3 is 2.40 bits per heavy atom. The summed E-state index contributed by atoms with van der Waals surface area (Å²) in [6.45, 7) is 3.83. The Labute approximate surface area is 114 Å². The second kappa shape index (κ2) is 4.88. The molecule has 0 saturated carbocycles. The van der Waals surface area contributed by atoms with Gasteiger partial charge in [-0.05, 0) is 30.0 Å². The lowest BCUT2D eigenvalue weighted by atomic mass is 10.0. The Balaban J connectivity index is 2.92. The van der Waals surface area contributed by atoms with Gasteiger partial charge in [-0.15, -0.1) is 0 Å². The smallest absolute Gasteiger partial charge is 0.307 e. The van der Waals surface area contributed by atoms with E-state index in [1.807, 2.05) is 18.8 Å². The Morgan fingerprint density at radius 2 is 1.85 bits per heavy atom. The summed E-state index contributed by atoms with van der Waals surface area (Å²) in [6, 6.07) is 2.32. The molecule has 0 fully saturated rings. The van der Waals surface area contributed by atoms with E-state index < -0.39 is 21.4 Å². The van der Waals surface area contributed by atoms with E-state index in [9.17, 15) is 18.0 Å². The lowest BCUT2D eigenvalue weighted by molar-refractivity contribution is 0.483. The Kier molecular flexibility index (Phi) is 3.53. The standard InChI is InChI=1S/C12H14N2O5S/c1-6(2)3-7-4-8(20(17,18)19)5-9-10(7)13-12(16)14-11(9)15/h4-6H,3H2,1-2H3,(H,17,18,19)(H2,13,14,15,16). The van der Waals surface area contributed by atoms with Crippen molar-refractivity contribution >= 4 is 21.0 Å². The monoisotopic (exact) mass is 298 g/mol. The predicted octanol–water partition coefficient (Wildman–Crippen LogP) is 0.662. The molecular weight excluding hydrogens is 284 g/mol. The first-order chi connectivity index (χ1) is 9.18. The van der Waals surface area contributed by atoms with Crippen molar-refractivity contribution in [2.45, 2.75) is 25.2 Å². The van der Waals surface area contributed by atoms with Crippen LogP contribution in [0.15, 0.2) is 26.6 Å². The van der Waals surface area contributed by atoms with Gasteiger partial charge in [0.25, 0.3) is 15.7 Å². The molecule has 0 atom stereocenters. The average Bonchev–Trinajstić information content (AvgIpc) is 2.27. The van der Waals surface area contributed by atoms with Crippen LogP contribution in [0.5, 0.6) is 0 Å². The maximum Gasteiger partial charge on any atom is 0.326 e. The molecule has 2 rings (SSSR count). The molecule has 7 nitrogen and oxygen atoms in total. The third kappa shape index (κ3) is 2.81. The fourth-order valence-electron chi connectivity index (χ4n) is 2.06. The highest BCUT2D eigenvalue weighted by molar-refractivity contribution is 7.85. The molecule has 1 aromatic carbocycles. The zero-order valence-corrected chi connectivity index (χ0v) is 11.7.